The Balaban J connectivity index is 2.85. The lowest BCUT2D eigenvalue weighted by Crippen LogP contribution is -2.13. The third-order valence-electron chi connectivity index (χ3n) is 1.53. The molecule has 1 aromatic carbocycles. The van der Waals surface area contributed by atoms with Crippen molar-refractivity contribution in [1.82, 2.24) is 0 Å². The molecule has 0 amide bonds. The molecule has 0 unspecified atom stereocenters. The zero-order chi connectivity index (χ0) is 10.6. The first-order valence-corrected chi connectivity index (χ1v) is 3.79. The molecule has 0 aliphatic carbocycles. The molecule has 0 aliphatic rings. The van der Waals surface area contributed by atoms with Crippen LogP contribution in [-0.2, 0) is 4.79 Å². The molecule has 0 heterocycles. The first kappa shape index (κ1) is 9.99. The maximum atomic E-state index is 13.0. The van der Waals surface area contributed by atoms with Gasteiger partial charge in [-0.2, -0.15) is 5.26 Å². The second kappa shape index (κ2) is 4.23. The fourth-order valence-electron chi connectivity index (χ4n) is 0.901. The number of carboxylic acids is 1. The molecule has 14 heavy (non-hydrogen) atoms. The van der Waals surface area contributed by atoms with Crippen molar-refractivity contribution in [2.75, 3.05) is 11.9 Å². The zero-order valence-electron chi connectivity index (χ0n) is 7.12. The van der Waals surface area contributed by atoms with Gasteiger partial charge >= 0.3 is 5.97 Å². The van der Waals surface area contributed by atoms with E-state index in [4.69, 9.17) is 10.4 Å². The van der Waals surface area contributed by atoms with Gasteiger partial charge in [-0.3, -0.25) is 4.79 Å². The van der Waals surface area contributed by atoms with Gasteiger partial charge in [-0.05, 0) is 18.2 Å². The highest BCUT2D eigenvalue weighted by atomic mass is 19.1. The van der Waals surface area contributed by atoms with E-state index in [0.717, 1.165) is 6.07 Å². The van der Waals surface area contributed by atoms with E-state index in [1.54, 1.807) is 0 Å². The fourth-order valence-corrected chi connectivity index (χ4v) is 0.901. The van der Waals surface area contributed by atoms with Crippen molar-refractivity contribution < 1.29 is 14.3 Å². The zero-order valence-corrected chi connectivity index (χ0v) is 7.12. The third kappa shape index (κ3) is 2.45. The van der Waals surface area contributed by atoms with Gasteiger partial charge in [0.15, 0.2) is 0 Å². The molecule has 0 bridgehead atoms. The SMILES string of the molecule is N#Cc1ccc(F)c(NCC(=O)O)c1. The average Bonchev–Trinajstić information content (AvgIpc) is 2.16. The number of nitriles is 1. The molecule has 1 rings (SSSR count). The van der Waals surface area contributed by atoms with Gasteiger partial charge < -0.3 is 10.4 Å². The molecule has 5 heteroatoms. The summed E-state index contributed by atoms with van der Waals surface area (Å²) in [6.45, 7) is -0.383. The summed E-state index contributed by atoms with van der Waals surface area (Å²) in [4.78, 5) is 10.2. The number of hydrogen-bond acceptors (Lipinski definition) is 3. The summed E-state index contributed by atoms with van der Waals surface area (Å²) in [5, 5.41) is 19.2. The van der Waals surface area contributed by atoms with Crippen LogP contribution in [0.3, 0.4) is 0 Å². The minimum atomic E-state index is -1.09. The molecule has 1 aromatic rings. The molecule has 2 N–H and O–H groups in total. The number of benzene rings is 1. The first-order valence-electron chi connectivity index (χ1n) is 3.79. The van der Waals surface area contributed by atoms with Crippen LogP contribution in [0.4, 0.5) is 10.1 Å². The predicted molar refractivity (Wildman–Crippen MR) is 47.2 cm³/mol. The lowest BCUT2D eigenvalue weighted by Gasteiger charge is -2.04. The molecule has 0 saturated heterocycles. The number of aliphatic carboxylic acids is 1. The Morgan fingerprint density at radius 3 is 2.93 bits per heavy atom. The van der Waals surface area contributed by atoms with E-state index in [-0.39, 0.29) is 17.8 Å². The number of hydrogen-bond donors (Lipinski definition) is 2. The number of halogens is 1. The smallest absolute Gasteiger partial charge is 0.322 e. The summed E-state index contributed by atoms with van der Waals surface area (Å²) in [6, 6.07) is 5.52. The standard InChI is InChI=1S/C9H7FN2O2/c10-7-2-1-6(4-11)3-8(7)12-5-9(13)14/h1-3,12H,5H2,(H,13,14). The van der Waals surface area contributed by atoms with Gasteiger partial charge in [0.25, 0.3) is 0 Å². The highest BCUT2D eigenvalue weighted by Gasteiger charge is 2.04. The molecule has 0 aromatic heterocycles. The normalized spacial score (nSPS) is 9.14. The molecule has 0 radical (unpaired) electrons. The number of rotatable bonds is 3. The van der Waals surface area contributed by atoms with Crippen LogP contribution in [0.15, 0.2) is 18.2 Å². The summed E-state index contributed by atoms with van der Waals surface area (Å²) < 4.78 is 13.0. The van der Waals surface area contributed by atoms with E-state index >= 15 is 0 Å². The molecule has 0 fully saturated rings. The van der Waals surface area contributed by atoms with Crippen molar-refractivity contribution in [1.29, 1.82) is 5.26 Å². The molecule has 0 aliphatic heterocycles. The largest absolute Gasteiger partial charge is 0.480 e. The molecular weight excluding hydrogens is 187 g/mol. The summed E-state index contributed by atoms with van der Waals surface area (Å²) >= 11 is 0. The van der Waals surface area contributed by atoms with E-state index in [2.05, 4.69) is 5.32 Å². The second-order valence-corrected chi connectivity index (χ2v) is 2.55. The van der Waals surface area contributed by atoms with E-state index < -0.39 is 11.8 Å². The summed E-state index contributed by atoms with van der Waals surface area (Å²) in [5.41, 5.74) is 0.297. The molecule has 0 saturated carbocycles. The Labute approximate surface area is 79.6 Å². The first-order chi connectivity index (χ1) is 6.63. The van der Waals surface area contributed by atoms with Crippen LogP contribution < -0.4 is 5.32 Å². The highest BCUT2D eigenvalue weighted by Crippen LogP contribution is 2.15. The lowest BCUT2D eigenvalue weighted by molar-refractivity contribution is -0.134. The van der Waals surface area contributed by atoms with Gasteiger partial charge in [0.1, 0.15) is 12.4 Å². The summed E-state index contributed by atoms with van der Waals surface area (Å²) in [5.74, 6) is -1.67. The Morgan fingerprint density at radius 1 is 1.64 bits per heavy atom. The van der Waals surface area contributed by atoms with Crippen LogP contribution >= 0.6 is 0 Å². The molecule has 0 atom stereocenters. The van der Waals surface area contributed by atoms with Gasteiger partial charge in [0, 0.05) is 0 Å². The van der Waals surface area contributed by atoms with Gasteiger partial charge in [0.05, 0.1) is 17.3 Å². The number of anilines is 1. The van der Waals surface area contributed by atoms with Crippen molar-refractivity contribution in [3.05, 3.63) is 29.6 Å². The van der Waals surface area contributed by atoms with Crippen molar-refractivity contribution in [2.24, 2.45) is 0 Å². The molecular formula is C9H7FN2O2. The second-order valence-electron chi connectivity index (χ2n) is 2.55. The predicted octanol–water partition coefficient (Wildman–Crippen LogP) is 1.19. The quantitative estimate of drug-likeness (QED) is 0.758. The van der Waals surface area contributed by atoms with Gasteiger partial charge in [-0.15, -0.1) is 0 Å². The Bertz CT molecular complexity index is 398. The van der Waals surface area contributed by atoms with Crippen molar-refractivity contribution in [3.8, 4) is 6.07 Å². The highest BCUT2D eigenvalue weighted by molar-refractivity contribution is 5.73. The average molecular weight is 194 g/mol. The maximum Gasteiger partial charge on any atom is 0.322 e. The van der Waals surface area contributed by atoms with E-state index in [9.17, 15) is 9.18 Å². The molecule has 72 valence electrons. The summed E-state index contributed by atoms with van der Waals surface area (Å²) in [6.07, 6.45) is 0. The Morgan fingerprint density at radius 2 is 2.36 bits per heavy atom. The number of carboxylic acid groups (broad SMARTS) is 1. The van der Waals surface area contributed by atoms with Crippen LogP contribution in [0, 0.1) is 17.1 Å². The van der Waals surface area contributed by atoms with Gasteiger partial charge in [-0.1, -0.05) is 0 Å². The number of carbonyl (C=O) groups is 1. The van der Waals surface area contributed by atoms with E-state index in [0.29, 0.717) is 0 Å². The fraction of sp³-hybridized carbons (Fsp3) is 0.111. The molecule has 4 nitrogen and oxygen atoms in total. The lowest BCUT2D eigenvalue weighted by atomic mass is 10.2. The van der Waals surface area contributed by atoms with E-state index in [1.165, 1.54) is 12.1 Å². The van der Waals surface area contributed by atoms with E-state index in [1.807, 2.05) is 6.07 Å². The Hall–Kier alpha value is -2.09. The van der Waals surface area contributed by atoms with Crippen LogP contribution in [0.5, 0.6) is 0 Å². The molecule has 0 spiro atoms. The van der Waals surface area contributed by atoms with Gasteiger partial charge in [0.2, 0.25) is 0 Å². The monoisotopic (exact) mass is 194 g/mol. The maximum absolute atomic E-state index is 13.0. The minimum absolute atomic E-state index is 0.0199. The van der Waals surface area contributed by atoms with Gasteiger partial charge in [-0.25, -0.2) is 4.39 Å². The topological polar surface area (TPSA) is 73.1 Å². The van der Waals surface area contributed by atoms with Crippen LogP contribution in [0.25, 0.3) is 0 Å². The minimum Gasteiger partial charge on any atom is -0.480 e. The third-order valence-corrected chi connectivity index (χ3v) is 1.53. The van der Waals surface area contributed by atoms with Crippen LogP contribution in [0.1, 0.15) is 5.56 Å². The van der Waals surface area contributed by atoms with Crippen LogP contribution in [-0.4, -0.2) is 17.6 Å². The number of nitrogens with zero attached hydrogens (tertiary/aromatic N) is 1. The summed E-state index contributed by atoms with van der Waals surface area (Å²) in [7, 11) is 0. The van der Waals surface area contributed by atoms with Crippen molar-refractivity contribution >= 4 is 11.7 Å². The number of nitrogens with one attached hydrogen (secondary N) is 1. The van der Waals surface area contributed by atoms with Crippen molar-refractivity contribution in [3.63, 3.8) is 0 Å². The Kier molecular flexibility index (Phi) is 3.02. The van der Waals surface area contributed by atoms with Crippen molar-refractivity contribution in [2.45, 2.75) is 0 Å². The van der Waals surface area contributed by atoms with Crippen LogP contribution in [0.2, 0.25) is 0 Å².